The molecule has 0 aromatic carbocycles. The van der Waals surface area contributed by atoms with Crippen LogP contribution in [0.15, 0.2) is 6.33 Å². The Balaban J connectivity index is 2.13. The zero-order chi connectivity index (χ0) is 11.8. The molecule has 1 fully saturated rings. The fourth-order valence-corrected chi connectivity index (χ4v) is 2.58. The maximum atomic E-state index is 5.97. The van der Waals surface area contributed by atoms with E-state index in [4.69, 9.17) is 5.73 Å². The highest BCUT2D eigenvalue weighted by atomic mass is 15.1. The monoisotopic (exact) mass is 231 g/mol. The quantitative estimate of drug-likeness (QED) is 0.859. The highest BCUT2D eigenvalue weighted by Crippen LogP contribution is 2.33. The van der Waals surface area contributed by atoms with Gasteiger partial charge in [-0.3, -0.25) is 0 Å². The highest BCUT2D eigenvalue weighted by molar-refractivity contribution is 5.81. The van der Waals surface area contributed by atoms with Crippen molar-refractivity contribution in [3.63, 3.8) is 0 Å². The van der Waals surface area contributed by atoms with Gasteiger partial charge in [0.2, 0.25) is 0 Å². The standard InChI is InChI=1S/C12H17N5/c1-2-17-7-14-9-10(13)15-11(16-12(9)17)8-5-3-4-6-8/h7-8H,2-6H2,1H3,(H2,13,15,16). The molecule has 90 valence electrons. The van der Waals surface area contributed by atoms with Gasteiger partial charge in [0.15, 0.2) is 11.5 Å². The van der Waals surface area contributed by atoms with Gasteiger partial charge in [0.1, 0.15) is 11.3 Å². The van der Waals surface area contributed by atoms with Crippen molar-refractivity contribution in [1.29, 1.82) is 0 Å². The molecular formula is C12H17N5. The van der Waals surface area contributed by atoms with Crippen LogP contribution in [0.2, 0.25) is 0 Å². The summed E-state index contributed by atoms with van der Waals surface area (Å²) in [6, 6.07) is 0. The van der Waals surface area contributed by atoms with Crippen LogP contribution < -0.4 is 5.73 Å². The zero-order valence-electron chi connectivity index (χ0n) is 10.1. The van der Waals surface area contributed by atoms with Crippen molar-refractivity contribution in [2.75, 3.05) is 5.73 Å². The third kappa shape index (κ3) is 1.66. The second kappa shape index (κ2) is 3.98. The summed E-state index contributed by atoms with van der Waals surface area (Å²) in [5, 5.41) is 0. The summed E-state index contributed by atoms with van der Waals surface area (Å²) in [6.07, 6.45) is 6.71. The van der Waals surface area contributed by atoms with Crippen LogP contribution in [0.3, 0.4) is 0 Å². The molecule has 2 N–H and O–H groups in total. The molecule has 3 rings (SSSR count). The zero-order valence-corrected chi connectivity index (χ0v) is 10.1. The highest BCUT2D eigenvalue weighted by Gasteiger charge is 2.21. The van der Waals surface area contributed by atoms with Crippen LogP contribution in [-0.4, -0.2) is 19.5 Å². The van der Waals surface area contributed by atoms with Gasteiger partial charge in [-0.15, -0.1) is 0 Å². The van der Waals surface area contributed by atoms with Gasteiger partial charge in [-0.2, -0.15) is 0 Å². The number of hydrogen-bond acceptors (Lipinski definition) is 4. The molecule has 0 unspecified atom stereocenters. The van der Waals surface area contributed by atoms with E-state index >= 15 is 0 Å². The van der Waals surface area contributed by atoms with Gasteiger partial charge in [0, 0.05) is 12.5 Å². The van der Waals surface area contributed by atoms with Gasteiger partial charge in [0.25, 0.3) is 0 Å². The van der Waals surface area contributed by atoms with Crippen LogP contribution in [0.25, 0.3) is 11.2 Å². The summed E-state index contributed by atoms with van der Waals surface area (Å²) >= 11 is 0. The molecule has 0 amide bonds. The molecule has 0 spiro atoms. The number of fused-ring (bicyclic) bond motifs is 1. The van der Waals surface area contributed by atoms with Crippen molar-refractivity contribution >= 4 is 17.0 Å². The Morgan fingerprint density at radius 3 is 2.82 bits per heavy atom. The van der Waals surface area contributed by atoms with Crippen LogP contribution in [0.5, 0.6) is 0 Å². The molecule has 1 aliphatic carbocycles. The number of aryl methyl sites for hydroxylation is 1. The molecule has 2 heterocycles. The second-order valence-electron chi connectivity index (χ2n) is 4.65. The molecule has 0 radical (unpaired) electrons. The third-order valence-corrected chi connectivity index (χ3v) is 3.57. The van der Waals surface area contributed by atoms with E-state index in [0.29, 0.717) is 11.7 Å². The van der Waals surface area contributed by atoms with Gasteiger partial charge in [-0.1, -0.05) is 12.8 Å². The molecule has 5 nitrogen and oxygen atoms in total. The first-order valence-corrected chi connectivity index (χ1v) is 6.28. The van der Waals surface area contributed by atoms with E-state index in [1.54, 1.807) is 6.33 Å². The fraction of sp³-hybridized carbons (Fsp3) is 0.583. The first-order valence-electron chi connectivity index (χ1n) is 6.28. The SMILES string of the molecule is CCn1cnc2c(N)nc(C3CCCC3)nc21. The number of anilines is 1. The molecule has 0 saturated heterocycles. The fourth-order valence-electron chi connectivity index (χ4n) is 2.58. The van der Waals surface area contributed by atoms with E-state index < -0.39 is 0 Å². The molecule has 2 aromatic heterocycles. The van der Waals surface area contributed by atoms with Crippen LogP contribution in [0.4, 0.5) is 5.82 Å². The lowest BCUT2D eigenvalue weighted by Crippen LogP contribution is -2.06. The third-order valence-electron chi connectivity index (χ3n) is 3.57. The molecule has 0 bridgehead atoms. The average molecular weight is 231 g/mol. The van der Waals surface area contributed by atoms with E-state index in [9.17, 15) is 0 Å². The van der Waals surface area contributed by atoms with Crippen LogP contribution >= 0.6 is 0 Å². The summed E-state index contributed by atoms with van der Waals surface area (Å²) in [5.41, 5.74) is 7.57. The molecular weight excluding hydrogens is 214 g/mol. The number of imidazole rings is 1. The van der Waals surface area contributed by atoms with E-state index in [1.807, 2.05) is 4.57 Å². The van der Waals surface area contributed by atoms with Gasteiger partial charge in [0.05, 0.1) is 6.33 Å². The Labute approximate surface area is 100 Å². The predicted molar refractivity (Wildman–Crippen MR) is 66.6 cm³/mol. The molecule has 1 saturated carbocycles. The summed E-state index contributed by atoms with van der Waals surface area (Å²) in [7, 11) is 0. The summed E-state index contributed by atoms with van der Waals surface area (Å²) < 4.78 is 2.02. The lowest BCUT2D eigenvalue weighted by molar-refractivity contribution is 0.668. The predicted octanol–water partition coefficient (Wildman–Crippen LogP) is 2.09. The van der Waals surface area contributed by atoms with E-state index in [1.165, 1.54) is 25.7 Å². The minimum absolute atomic E-state index is 0.488. The Morgan fingerprint density at radius 1 is 1.35 bits per heavy atom. The lowest BCUT2D eigenvalue weighted by Gasteiger charge is -2.09. The molecule has 5 heteroatoms. The average Bonchev–Trinajstić information content (AvgIpc) is 2.97. The van der Waals surface area contributed by atoms with Crippen molar-refractivity contribution in [2.45, 2.75) is 45.1 Å². The molecule has 2 aromatic rings. The maximum absolute atomic E-state index is 5.97. The number of aromatic nitrogens is 4. The molecule has 17 heavy (non-hydrogen) atoms. The van der Waals surface area contributed by atoms with Crippen molar-refractivity contribution in [1.82, 2.24) is 19.5 Å². The van der Waals surface area contributed by atoms with Crippen LogP contribution in [0, 0.1) is 0 Å². The minimum atomic E-state index is 0.488. The lowest BCUT2D eigenvalue weighted by atomic mass is 10.1. The van der Waals surface area contributed by atoms with E-state index in [0.717, 1.165) is 23.5 Å². The first-order chi connectivity index (χ1) is 8.29. The number of nitrogens with two attached hydrogens (primary N) is 1. The van der Waals surface area contributed by atoms with E-state index in [2.05, 4.69) is 21.9 Å². The van der Waals surface area contributed by atoms with Gasteiger partial charge < -0.3 is 10.3 Å². The van der Waals surface area contributed by atoms with Crippen molar-refractivity contribution in [3.8, 4) is 0 Å². The van der Waals surface area contributed by atoms with Gasteiger partial charge in [-0.05, 0) is 19.8 Å². The Kier molecular flexibility index (Phi) is 2.46. The Morgan fingerprint density at radius 2 is 2.12 bits per heavy atom. The van der Waals surface area contributed by atoms with Crippen LogP contribution in [-0.2, 0) is 6.54 Å². The van der Waals surface area contributed by atoms with Gasteiger partial charge >= 0.3 is 0 Å². The molecule has 1 aliphatic rings. The largest absolute Gasteiger partial charge is 0.382 e. The van der Waals surface area contributed by atoms with Crippen molar-refractivity contribution in [2.24, 2.45) is 0 Å². The maximum Gasteiger partial charge on any atom is 0.165 e. The number of rotatable bonds is 2. The normalized spacial score (nSPS) is 17.0. The Hall–Kier alpha value is -1.65. The molecule has 0 atom stereocenters. The topological polar surface area (TPSA) is 69.6 Å². The summed E-state index contributed by atoms with van der Waals surface area (Å²) in [5.74, 6) is 1.91. The number of hydrogen-bond donors (Lipinski definition) is 1. The van der Waals surface area contributed by atoms with Crippen molar-refractivity contribution in [3.05, 3.63) is 12.2 Å². The first kappa shape index (κ1) is 10.5. The van der Waals surface area contributed by atoms with Crippen molar-refractivity contribution < 1.29 is 0 Å². The smallest absolute Gasteiger partial charge is 0.165 e. The molecule has 0 aliphatic heterocycles. The number of nitrogens with zero attached hydrogens (tertiary/aromatic N) is 4. The summed E-state index contributed by atoms with van der Waals surface area (Å²) in [6.45, 7) is 2.94. The Bertz CT molecular complexity index is 539. The second-order valence-corrected chi connectivity index (χ2v) is 4.65. The number of nitrogen functional groups attached to an aromatic ring is 1. The minimum Gasteiger partial charge on any atom is -0.382 e. The summed E-state index contributed by atoms with van der Waals surface area (Å²) in [4.78, 5) is 13.3. The van der Waals surface area contributed by atoms with E-state index in [-0.39, 0.29) is 0 Å². The van der Waals surface area contributed by atoms with Gasteiger partial charge in [-0.25, -0.2) is 15.0 Å². The van der Waals surface area contributed by atoms with Crippen LogP contribution in [0.1, 0.15) is 44.3 Å².